The van der Waals surface area contributed by atoms with Gasteiger partial charge in [-0.2, -0.15) is 10.1 Å². The van der Waals surface area contributed by atoms with Crippen LogP contribution in [-0.4, -0.2) is 34.4 Å². The van der Waals surface area contributed by atoms with Crippen molar-refractivity contribution < 1.29 is 14.3 Å². The molecule has 2 heterocycles. The minimum atomic E-state index is -0.632. The number of anilines is 2. The van der Waals surface area contributed by atoms with Gasteiger partial charge in [0.1, 0.15) is 12.2 Å². The number of aromatic nitrogens is 3. The summed E-state index contributed by atoms with van der Waals surface area (Å²) in [5.74, 6) is 0.940. The molecule has 2 atom stereocenters. The van der Waals surface area contributed by atoms with Gasteiger partial charge in [0, 0.05) is 11.4 Å². The molecule has 0 saturated carbocycles. The van der Waals surface area contributed by atoms with E-state index in [2.05, 4.69) is 27.3 Å². The van der Waals surface area contributed by atoms with Gasteiger partial charge >= 0.3 is 0 Å². The molecule has 0 saturated heterocycles. The molecule has 2 N–H and O–H groups in total. The van der Waals surface area contributed by atoms with Gasteiger partial charge in [-0.3, -0.25) is 4.79 Å². The van der Waals surface area contributed by atoms with Crippen LogP contribution in [0.5, 0.6) is 11.5 Å². The predicted octanol–water partition coefficient (Wildman–Crippen LogP) is 4.09. The lowest BCUT2D eigenvalue weighted by atomic mass is 9.88. The van der Waals surface area contributed by atoms with Crippen molar-refractivity contribution in [3.8, 4) is 11.5 Å². The second kappa shape index (κ2) is 8.74. The van der Waals surface area contributed by atoms with Gasteiger partial charge in [0.15, 0.2) is 11.5 Å². The molecule has 1 aliphatic heterocycles. The van der Waals surface area contributed by atoms with Crippen molar-refractivity contribution in [2.24, 2.45) is 5.92 Å². The summed E-state index contributed by atoms with van der Waals surface area (Å²) >= 11 is 0. The molecule has 8 heteroatoms. The molecule has 2 aromatic carbocycles. The molecule has 0 aliphatic carbocycles. The fourth-order valence-corrected chi connectivity index (χ4v) is 4.04. The van der Waals surface area contributed by atoms with Crippen LogP contribution in [0.3, 0.4) is 0 Å². The third kappa shape index (κ3) is 3.91. The second-order valence-corrected chi connectivity index (χ2v) is 7.75. The number of amides is 1. The Balaban J connectivity index is 1.75. The van der Waals surface area contributed by atoms with Gasteiger partial charge in [0.2, 0.25) is 11.9 Å². The van der Waals surface area contributed by atoms with Crippen LogP contribution in [0.1, 0.15) is 29.7 Å². The minimum Gasteiger partial charge on any atom is -0.493 e. The smallest absolute Gasteiger partial charge is 0.235 e. The van der Waals surface area contributed by atoms with Gasteiger partial charge in [-0.05, 0) is 50.1 Å². The summed E-state index contributed by atoms with van der Waals surface area (Å²) in [6.07, 6.45) is 1.46. The van der Waals surface area contributed by atoms with Gasteiger partial charge in [-0.15, -0.1) is 0 Å². The number of ether oxygens (including phenoxy) is 2. The fourth-order valence-electron chi connectivity index (χ4n) is 4.04. The molecule has 166 valence electrons. The van der Waals surface area contributed by atoms with Crippen LogP contribution in [0.15, 0.2) is 55.0 Å². The first-order valence-electron chi connectivity index (χ1n) is 10.5. The van der Waals surface area contributed by atoms with Gasteiger partial charge < -0.3 is 20.1 Å². The molecule has 0 fully saturated rings. The number of aryl methyl sites for hydroxylation is 2. The zero-order valence-electron chi connectivity index (χ0n) is 18.7. The molecule has 0 bridgehead atoms. The number of hydrogen-bond donors (Lipinski definition) is 2. The Bertz CT molecular complexity index is 1170. The monoisotopic (exact) mass is 433 g/mol. The molecule has 8 nitrogen and oxygen atoms in total. The fraction of sp³-hybridized carbons (Fsp3) is 0.292. The normalized spacial score (nSPS) is 17.3. The van der Waals surface area contributed by atoms with Crippen LogP contribution in [-0.2, 0) is 4.79 Å². The Labute approximate surface area is 187 Å². The Hall–Kier alpha value is -3.81. The van der Waals surface area contributed by atoms with Gasteiger partial charge in [0.05, 0.1) is 19.8 Å². The standard InChI is InChI=1S/C24H27N5O3/c1-6-32-19-10-8-17(12-20(19)31-5)22-21(16(4)27-24-25-13-26-29(22)24)23(30)28-18-9-7-14(2)11-15(18)3/h7-13,21-22H,4,6H2,1-3,5H3,(H,28,30)(H,25,26,27). The van der Waals surface area contributed by atoms with E-state index in [4.69, 9.17) is 9.47 Å². The minimum absolute atomic E-state index is 0.187. The first-order chi connectivity index (χ1) is 15.4. The third-order valence-electron chi connectivity index (χ3n) is 5.55. The highest BCUT2D eigenvalue weighted by molar-refractivity contribution is 5.96. The molecule has 0 spiro atoms. The molecular weight excluding hydrogens is 406 g/mol. The highest BCUT2D eigenvalue weighted by Gasteiger charge is 2.40. The third-order valence-corrected chi connectivity index (χ3v) is 5.55. The van der Waals surface area contributed by atoms with Crippen molar-refractivity contribution in [1.29, 1.82) is 0 Å². The van der Waals surface area contributed by atoms with E-state index in [1.165, 1.54) is 6.33 Å². The van der Waals surface area contributed by atoms with E-state index < -0.39 is 12.0 Å². The summed E-state index contributed by atoms with van der Waals surface area (Å²) < 4.78 is 12.9. The van der Waals surface area contributed by atoms with Crippen LogP contribution in [0.25, 0.3) is 0 Å². The first kappa shape index (κ1) is 21.4. The molecule has 3 aromatic rings. The van der Waals surface area contributed by atoms with Crippen molar-refractivity contribution in [1.82, 2.24) is 14.8 Å². The molecule has 0 radical (unpaired) electrons. The maximum atomic E-state index is 13.5. The van der Waals surface area contributed by atoms with Gasteiger partial charge in [0.25, 0.3) is 0 Å². The quantitative estimate of drug-likeness (QED) is 0.609. The molecule has 4 rings (SSSR count). The summed E-state index contributed by atoms with van der Waals surface area (Å²) in [5, 5.41) is 10.6. The van der Waals surface area contributed by atoms with Crippen LogP contribution < -0.4 is 20.1 Å². The topological polar surface area (TPSA) is 90.3 Å². The number of hydrogen-bond acceptors (Lipinski definition) is 6. The Morgan fingerprint density at radius 1 is 1.22 bits per heavy atom. The lowest BCUT2D eigenvalue weighted by molar-refractivity contribution is -0.119. The Morgan fingerprint density at radius 2 is 2.03 bits per heavy atom. The molecule has 2 unspecified atom stereocenters. The van der Waals surface area contributed by atoms with Crippen LogP contribution in [0.2, 0.25) is 0 Å². The Morgan fingerprint density at radius 3 is 2.75 bits per heavy atom. The van der Waals surface area contributed by atoms with E-state index in [9.17, 15) is 4.79 Å². The summed E-state index contributed by atoms with van der Waals surface area (Å²) in [7, 11) is 1.59. The first-order valence-corrected chi connectivity index (χ1v) is 10.5. The summed E-state index contributed by atoms with van der Waals surface area (Å²) in [6, 6.07) is 11.1. The molecule has 1 aliphatic rings. The van der Waals surface area contributed by atoms with Gasteiger partial charge in [-0.25, -0.2) is 4.68 Å². The van der Waals surface area contributed by atoms with Crippen LogP contribution >= 0.6 is 0 Å². The average Bonchev–Trinajstić information content (AvgIpc) is 3.23. The zero-order chi connectivity index (χ0) is 22.8. The number of carbonyl (C=O) groups is 1. The van der Waals surface area contributed by atoms with Crippen molar-refractivity contribution in [3.63, 3.8) is 0 Å². The summed E-state index contributed by atoms with van der Waals surface area (Å²) in [5.41, 5.74) is 4.27. The number of fused-ring (bicyclic) bond motifs is 1. The van der Waals surface area contributed by atoms with E-state index in [1.807, 2.05) is 57.2 Å². The van der Waals surface area contributed by atoms with E-state index >= 15 is 0 Å². The molecule has 1 amide bonds. The summed E-state index contributed by atoms with van der Waals surface area (Å²) in [4.78, 5) is 17.8. The average molecular weight is 434 g/mol. The van der Waals surface area contributed by atoms with Crippen LogP contribution in [0, 0.1) is 19.8 Å². The van der Waals surface area contributed by atoms with E-state index in [-0.39, 0.29) is 5.91 Å². The number of nitrogens with zero attached hydrogens (tertiary/aromatic N) is 3. The summed E-state index contributed by atoms with van der Waals surface area (Å²) in [6.45, 7) is 10.6. The lowest BCUT2D eigenvalue weighted by Crippen LogP contribution is -2.39. The number of carbonyl (C=O) groups excluding carboxylic acids is 1. The number of nitrogens with one attached hydrogen (secondary N) is 2. The molecular formula is C24H27N5O3. The predicted molar refractivity (Wildman–Crippen MR) is 123 cm³/mol. The van der Waals surface area contributed by atoms with Crippen molar-refractivity contribution >= 4 is 17.5 Å². The molecule has 32 heavy (non-hydrogen) atoms. The van der Waals surface area contributed by atoms with Crippen LogP contribution in [0.4, 0.5) is 11.6 Å². The SMILES string of the molecule is C=C1Nc2ncnn2C(c2ccc(OCC)c(OC)c2)C1C(=O)Nc1ccc(C)cc1C. The van der Waals surface area contributed by atoms with E-state index in [1.54, 1.807) is 11.8 Å². The maximum Gasteiger partial charge on any atom is 0.235 e. The van der Waals surface area contributed by atoms with E-state index in [0.717, 1.165) is 22.4 Å². The van der Waals surface area contributed by atoms with Crippen molar-refractivity contribution in [2.45, 2.75) is 26.8 Å². The number of rotatable bonds is 6. The van der Waals surface area contributed by atoms with E-state index in [0.29, 0.717) is 29.8 Å². The van der Waals surface area contributed by atoms with Crippen molar-refractivity contribution in [3.05, 3.63) is 71.7 Å². The number of benzene rings is 2. The zero-order valence-corrected chi connectivity index (χ0v) is 18.7. The largest absolute Gasteiger partial charge is 0.493 e. The second-order valence-electron chi connectivity index (χ2n) is 7.75. The number of methoxy groups -OCH3 is 1. The lowest BCUT2D eigenvalue weighted by Gasteiger charge is -2.34. The van der Waals surface area contributed by atoms with Crippen molar-refractivity contribution in [2.75, 3.05) is 24.4 Å². The highest BCUT2D eigenvalue weighted by atomic mass is 16.5. The highest BCUT2D eigenvalue weighted by Crippen LogP contribution is 2.40. The van der Waals surface area contributed by atoms with Gasteiger partial charge in [-0.1, -0.05) is 30.3 Å². The maximum absolute atomic E-state index is 13.5. The molecule has 1 aromatic heterocycles. The Kier molecular flexibility index (Phi) is 5.85.